The molecule has 1 aliphatic heterocycles. The van der Waals surface area contributed by atoms with E-state index in [2.05, 4.69) is 5.32 Å². The average Bonchev–Trinajstić information content (AvgIpc) is 2.89. The molecule has 2 rings (SSSR count). The van der Waals surface area contributed by atoms with Gasteiger partial charge in [-0.05, 0) is 38.1 Å². The fraction of sp³-hybridized carbons (Fsp3) is 0.667. The molecule has 6 heteroatoms. The Hall–Kier alpha value is -0.850. The van der Waals surface area contributed by atoms with Gasteiger partial charge in [-0.3, -0.25) is 0 Å². The maximum Gasteiger partial charge on any atom is 0.217 e. The van der Waals surface area contributed by atoms with E-state index in [1.54, 1.807) is 18.4 Å². The van der Waals surface area contributed by atoms with Gasteiger partial charge in [0.25, 0.3) is 0 Å². The van der Waals surface area contributed by atoms with Crippen molar-refractivity contribution in [2.24, 2.45) is 0 Å². The number of furan rings is 1. The first-order valence-electron chi connectivity index (χ1n) is 6.36. The monoisotopic (exact) mass is 272 g/mol. The van der Waals surface area contributed by atoms with Crippen molar-refractivity contribution in [2.45, 2.75) is 31.6 Å². The van der Waals surface area contributed by atoms with Crippen molar-refractivity contribution >= 4 is 10.0 Å². The molecule has 0 atom stereocenters. The van der Waals surface area contributed by atoms with Gasteiger partial charge in [0.05, 0.1) is 18.1 Å². The van der Waals surface area contributed by atoms with Crippen LogP contribution in [0.15, 0.2) is 22.8 Å². The molecule has 102 valence electrons. The molecular formula is C12H20N2O3S. The highest BCUT2D eigenvalue weighted by molar-refractivity contribution is 7.89. The van der Waals surface area contributed by atoms with Crippen molar-refractivity contribution in [3.05, 3.63) is 24.2 Å². The molecule has 0 bridgehead atoms. The summed E-state index contributed by atoms with van der Waals surface area (Å²) in [6, 6.07) is 3.58. The Morgan fingerprint density at radius 1 is 1.44 bits per heavy atom. The number of piperidine rings is 1. The summed E-state index contributed by atoms with van der Waals surface area (Å²) in [6.45, 7) is 4.23. The molecule has 1 saturated heterocycles. The minimum absolute atomic E-state index is 0.256. The molecule has 0 amide bonds. The fourth-order valence-corrected chi connectivity index (χ4v) is 4.18. The van der Waals surface area contributed by atoms with Gasteiger partial charge in [0.15, 0.2) is 0 Å². The summed E-state index contributed by atoms with van der Waals surface area (Å²) in [5.74, 6) is 0.689. The maximum atomic E-state index is 12.5. The van der Waals surface area contributed by atoms with Crippen LogP contribution in [0.4, 0.5) is 0 Å². The van der Waals surface area contributed by atoms with Gasteiger partial charge in [0.1, 0.15) is 5.76 Å². The predicted molar refractivity (Wildman–Crippen MR) is 69.6 cm³/mol. The zero-order valence-corrected chi connectivity index (χ0v) is 11.4. The van der Waals surface area contributed by atoms with Gasteiger partial charge in [0.2, 0.25) is 10.0 Å². The smallest absolute Gasteiger partial charge is 0.217 e. The number of hydrogen-bond donors (Lipinski definition) is 1. The summed E-state index contributed by atoms with van der Waals surface area (Å²) in [6.07, 6.45) is 2.95. The minimum atomic E-state index is -3.22. The molecule has 5 nitrogen and oxygen atoms in total. The normalized spacial score (nSPS) is 18.3. The highest BCUT2D eigenvalue weighted by Gasteiger charge is 2.32. The molecule has 0 aromatic carbocycles. The van der Waals surface area contributed by atoms with E-state index in [-0.39, 0.29) is 5.25 Å². The molecule has 1 N–H and O–H groups in total. The standard InChI is InChI=1S/C12H20N2O3S/c1-2-14(10-11-4-3-9-17-11)18(15,16)12-5-7-13-8-6-12/h3-4,9,12-13H,2,5-8,10H2,1H3. The Morgan fingerprint density at radius 3 is 2.72 bits per heavy atom. The Bertz CT molecular complexity index is 450. The summed E-state index contributed by atoms with van der Waals surface area (Å²) >= 11 is 0. The Labute approximate surface area is 108 Å². The second-order valence-electron chi connectivity index (χ2n) is 4.50. The van der Waals surface area contributed by atoms with Crippen LogP contribution in [0.1, 0.15) is 25.5 Å². The topological polar surface area (TPSA) is 62.6 Å². The summed E-state index contributed by atoms with van der Waals surface area (Å²) in [5, 5.41) is 2.93. The molecule has 1 aliphatic rings. The van der Waals surface area contributed by atoms with Crippen molar-refractivity contribution in [3.63, 3.8) is 0 Å². The third-order valence-corrected chi connectivity index (χ3v) is 5.75. The number of sulfonamides is 1. The molecule has 0 saturated carbocycles. The number of nitrogens with one attached hydrogen (secondary N) is 1. The summed E-state index contributed by atoms with van der Waals surface area (Å²) in [7, 11) is -3.22. The molecule has 1 fully saturated rings. The van der Waals surface area contributed by atoms with E-state index in [9.17, 15) is 8.42 Å². The largest absolute Gasteiger partial charge is 0.468 e. The lowest BCUT2D eigenvalue weighted by molar-refractivity contribution is 0.362. The summed E-state index contributed by atoms with van der Waals surface area (Å²) < 4.78 is 31.7. The van der Waals surface area contributed by atoms with Gasteiger partial charge in [-0.1, -0.05) is 6.92 Å². The lowest BCUT2D eigenvalue weighted by Crippen LogP contribution is -2.43. The van der Waals surface area contributed by atoms with Gasteiger partial charge >= 0.3 is 0 Å². The van der Waals surface area contributed by atoms with E-state index in [4.69, 9.17) is 4.42 Å². The van der Waals surface area contributed by atoms with E-state index in [1.807, 2.05) is 6.92 Å². The SMILES string of the molecule is CCN(Cc1ccco1)S(=O)(=O)C1CCNCC1. The lowest BCUT2D eigenvalue weighted by Gasteiger charge is -2.28. The van der Waals surface area contributed by atoms with E-state index in [1.165, 1.54) is 4.31 Å². The molecule has 0 unspecified atom stereocenters. The van der Waals surface area contributed by atoms with Crippen molar-refractivity contribution < 1.29 is 12.8 Å². The van der Waals surface area contributed by atoms with Crippen LogP contribution in [-0.2, 0) is 16.6 Å². The highest BCUT2D eigenvalue weighted by atomic mass is 32.2. The van der Waals surface area contributed by atoms with Gasteiger partial charge in [0, 0.05) is 6.54 Å². The van der Waals surface area contributed by atoms with Crippen LogP contribution in [0.2, 0.25) is 0 Å². The Kier molecular flexibility index (Phi) is 4.42. The van der Waals surface area contributed by atoms with Gasteiger partial charge in [-0.25, -0.2) is 8.42 Å². The second kappa shape index (κ2) is 5.86. The van der Waals surface area contributed by atoms with Crippen LogP contribution < -0.4 is 5.32 Å². The number of nitrogens with zero attached hydrogens (tertiary/aromatic N) is 1. The van der Waals surface area contributed by atoms with Crippen molar-refractivity contribution in [1.29, 1.82) is 0 Å². The molecule has 18 heavy (non-hydrogen) atoms. The van der Waals surface area contributed by atoms with E-state index >= 15 is 0 Å². The van der Waals surface area contributed by atoms with Crippen molar-refractivity contribution in [1.82, 2.24) is 9.62 Å². The predicted octanol–water partition coefficient (Wildman–Crippen LogP) is 1.18. The third kappa shape index (κ3) is 2.93. The van der Waals surface area contributed by atoms with Gasteiger partial charge in [-0.15, -0.1) is 0 Å². The first-order valence-corrected chi connectivity index (χ1v) is 7.87. The van der Waals surface area contributed by atoms with Crippen LogP contribution in [0, 0.1) is 0 Å². The minimum Gasteiger partial charge on any atom is -0.468 e. The van der Waals surface area contributed by atoms with E-state index in [0.29, 0.717) is 31.7 Å². The molecule has 0 spiro atoms. The van der Waals surface area contributed by atoms with Crippen LogP contribution in [0.5, 0.6) is 0 Å². The van der Waals surface area contributed by atoms with Crippen LogP contribution in [0.25, 0.3) is 0 Å². The molecule has 1 aromatic heterocycles. The highest BCUT2D eigenvalue weighted by Crippen LogP contribution is 2.20. The Balaban J connectivity index is 2.10. The maximum absolute atomic E-state index is 12.5. The number of rotatable bonds is 5. The lowest BCUT2D eigenvalue weighted by atomic mass is 10.2. The van der Waals surface area contributed by atoms with E-state index in [0.717, 1.165) is 13.1 Å². The first kappa shape index (κ1) is 13.6. The van der Waals surface area contributed by atoms with Gasteiger partial charge < -0.3 is 9.73 Å². The second-order valence-corrected chi connectivity index (χ2v) is 6.71. The Morgan fingerprint density at radius 2 is 2.17 bits per heavy atom. The molecule has 2 heterocycles. The zero-order valence-electron chi connectivity index (χ0n) is 10.6. The average molecular weight is 272 g/mol. The van der Waals surface area contributed by atoms with Crippen molar-refractivity contribution in [3.8, 4) is 0 Å². The fourth-order valence-electron chi connectivity index (χ4n) is 2.26. The molecule has 0 aliphatic carbocycles. The molecular weight excluding hydrogens is 252 g/mol. The quantitative estimate of drug-likeness (QED) is 0.874. The van der Waals surface area contributed by atoms with E-state index < -0.39 is 10.0 Å². The summed E-state index contributed by atoms with van der Waals surface area (Å²) in [4.78, 5) is 0. The van der Waals surface area contributed by atoms with Crippen LogP contribution in [-0.4, -0.2) is 37.6 Å². The number of hydrogen-bond acceptors (Lipinski definition) is 4. The third-order valence-electron chi connectivity index (χ3n) is 3.33. The summed E-state index contributed by atoms with van der Waals surface area (Å²) in [5.41, 5.74) is 0. The van der Waals surface area contributed by atoms with Crippen molar-refractivity contribution in [2.75, 3.05) is 19.6 Å². The van der Waals surface area contributed by atoms with Crippen LogP contribution >= 0.6 is 0 Å². The molecule has 0 radical (unpaired) electrons. The first-order chi connectivity index (χ1) is 8.64. The van der Waals surface area contributed by atoms with Crippen LogP contribution in [0.3, 0.4) is 0 Å². The zero-order chi connectivity index (χ0) is 13.0. The van der Waals surface area contributed by atoms with Gasteiger partial charge in [-0.2, -0.15) is 4.31 Å². The molecule has 1 aromatic rings.